The maximum Gasteiger partial charge on any atom is 0.177 e. The maximum atomic E-state index is 14.1. The van der Waals surface area contributed by atoms with E-state index in [2.05, 4.69) is 15.9 Å². The van der Waals surface area contributed by atoms with Gasteiger partial charge in [-0.3, -0.25) is 0 Å². The van der Waals surface area contributed by atoms with Gasteiger partial charge in [-0.15, -0.1) is 0 Å². The van der Waals surface area contributed by atoms with Gasteiger partial charge in [-0.2, -0.15) is 0 Å². The minimum atomic E-state index is -3.60. The van der Waals surface area contributed by atoms with Gasteiger partial charge in [-0.05, 0) is 67.4 Å². The zero-order valence-corrected chi connectivity index (χ0v) is 17.5. The van der Waals surface area contributed by atoms with Crippen molar-refractivity contribution in [2.24, 2.45) is 0 Å². The summed E-state index contributed by atoms with van der Waals surface area (Å²) in [5.74, 6) is -0.866. The standard InChI is InChI=1S/C20H18BrF2NO2S/c1-4-24-12(2)20(27(3,25)26)18(14-9-15(21)11-17(23)10-14)19(24)13-5-7-16(22)8-6-13/h5-11H,4H2,1-3H3. The minimum absolute atomic E-state index is 0.154. The molecule has 1 heterocycles. The van der Waals surface area contributed by atoms with Crippen molar-refractivity contribution >= 4 is 25.8 Å². The molecule has 0 N–H and O–H groups in total. The summed E-state index contributed by atoms with van der Waals surface area (Å²) in [6.07, 6.45) is 1.14. The van der Waals surface area contributed by atoms with Gasteiger partial charge in [-0.25, -0.2) is 17.2 Å². The third kappa shape index (κ3) is 3.71. The van der Waals surface area contributed by atoms with Gasteiger partial charge >= 0.3 is 0 Å². The zero-order chi connectivity index (χ0) is 19.9. The lowest BCUT2D eigenvalue weighted by Gasteiger charge is -2.12. The quantitative estimate of drug-likeness (QED) is 0.515. The molecule has 0 aliphatic heterocycles. The first kappa shape index (κ1) is 19.8. The Bertz CT molecular complexity index is 1100. The van der Waals surface area contributed by atoms with Gasteiger partial charge < -0.3 is 4.57 Å². The molecule has 7 heteroatoms. The minimum Gasteiger partial charge on any atom is -0.343 e. The normalized spacial score (nSPS) is 11.8. The Morgan fingerprint density at radius 1 is 1.00 bits per heavy atom. The molecule has 1 aromatic heterocycles. The van der Waals surface area contributed by atoms with E-state index in [9.17, 15) is 17.2 Å². The lowest BCUT2D eigenvalue weighted by molar-refractivity contribution is 0.600. The molecule has 0 unspecified atom stereocenters. The fourth-order valence-corrected chi connectivity index (χ4v) is 5.13. The number of rotatable bonds is 4. The molecule has 142 valence electrons. The van der Waals surface area contributed by atoms with Crippen LogP contribution in [0.1, 0.15) is 12.6 Å². The van der Waals surface area contributed by atoms with Crippen LogP contribution in [0.2, 0.25) is 0 Å². The van der Waals surface area contributed by atoms with Crippen molar-refractivity contribution in [1.82, 2.24) is 4.57 Å². The monoisotopic (exact) mass is 453 g/mol. The largest absolute Gasteiger partial charge is 0.343 e. The van der Waals surface area contributed by atoms with E-state index in [4.69, 9.17) is 0 Å². The Balaban J connectivity index is 2.50. The van der Waals surface area contributed by atoms with Crippen LogP contribution in [0.5, 0.6) is 0 Å². The van der Waals surface area contributed by atoms with Gasteiger partial charge in [0.15, 0.2) is 9.84 Å². The average molecular weight is 454 g/mol. The summed E-state index contributed by atoms with van der Waals surface area (Å²) >= 11 is 3.27. The van der Waals surface area contributed by atoms with Crippen molar-refractivity contribution < 1.29 is 17.2 Å². The molecule has 27 heavy (non-hydrogen) atoms. The van der Waals surface area contributed by atoms with Crippen molar-refractivity contribution in [1.29, 1.82) is 0 Å². The highest BCUT2D eigenvalue weighted by Crippen LogP contribution is 2.42. The molecule has 0 saturated carbocycles. The molecule has 0 aliphatic carbocycles. The summed E-state index contributed by atoms with van der Waals surface area (Å²) in [6, 6.07) is 10.1. The second kappa shape index (κ2) is 7.20. The van der Waals surface area contributed by atoms with Crippen LogP contribution in [-0.2, 0) is 16.4 Å². The molecule has 0 fully saturated rings. The summed E-state index contributed by atoms with van der Waals surface area (Å²) < 4.78 is 55.1. The lowest BCUT2D eigenvalue weighted by atomic mass is 10.0. The first-order chi connectivity index (χ1) is 12.6. The van der Waals surface area contributed by atoms with Crippen LogP contribution in [0.15, 0.2) is 51.8 Å². The van der Waals surface area contributed by atoms with E-state index in [-0.39, 0.29) is 10.7 Å². The molecule has 0 saturated heterocycles. The van der Waals surface area contributed by atoms with Gasteiger partial charge in [0.2, 0.25) is 0 Å². The molecule has 3 aromatic rings. The van der Waals surface area contributed by atoms with Crippen molar-refractivity contribution in [3.63, 3.8) is 0 Å². The first-order valence-corrected chi connectivity index (χ1v) is 11.0. The highest BCUT2D eigenvalue weighted by molar-refractivity contribution is 9.10. The second-order valence-electron chi connectivity index (χ2n) is 6.32. The molecule has 3 rings (SSSR count). The molecular weight excluding hydrogens is 436 g/mol. The van der Waals surface area contributed by atoms with E-state index in [1.807, 2.05) is 11.5 Å². The molecular formula is C20H18BrF2NO2S. The summed E-state index contributed by atoms with van der Waals surface area (Å²) in [4.78, 5) is 0.154. The van der Waals surface area contributed by atoms with Crippen LogP contribution in [0, 0.1) is 18.6 Å². The van der Waals surface area contributed by atoms with Gasteiger partial charge in [0.1, 0.15) is 11.6 Å². The first-order valence-electron chi connectivity index (χ1n) is 8.29. The zero-order valence-electron chi connectivity index (χ0n) is 15.1. The Kier molecular flexibility index (Phi) is 5.27. The molecule has 0 radical (unpaired) electrons. The molecule has 0 bridgehead atoms. The SMILES string of the molecule is CCn1c(C)c(S(C)(=O)=O)c(-c2cc(F)cc(Br)c2)c1-c1ccc(F)cc1. The smallest absolute Gasteiger partial charge is 0.177 e. The van der Waals surface area contributed by atoms with Crippen LogP contribution < -0.4 is 0 Å². The van der Waals surface area contributed by atoms with Gasteiger partial charge in [-0.1, -0.05) is 15.9 Å². The maximum absolute atomic E-state index is 14.1. The topological polar surface area (TPSA) is 39.1 Å². The highest BCUT2D eigenvalue weighted by Gasteiger charge is 2.28. The van der Waals surface area contributed by atoms with E-state index in [0.29, 0.717) is 39.1 Å². The average Bonchev–Trinajstić information content (AvgIpc) is 2.87. The number of nitrogens with zero attached hydrogens (tertiary/aromatic N) is 1. The Labute approximate surface area is 165 Å². The predicted octanol–water partition coefficient (Wildman–Crippen LogP) is 5.59. The molecule has 0 amide bonds. The number of benzene rings is 2. The summed E-state index contributed by atoms with van der Waals surface area (Å²) in [7, 11) is -3.60. The summed E-state index contributed by atoms with van der Waals surface area (Å²) in [6.45, 7) is 4.14. The van der Waals surface area contributed by atoms with Crippen molar-refractivity contribution in [2.45, 2.75) is 25.3 Å². The van der Waals surface area contributed by atoms with Gasteiger partial charge in [0, 0.05) is 28.5 Å². The second-order valence-corrected chi connectivity index (χ2v) is 9.19. The van der Waals surface area contributed by atoms with Crippen molar-refractivity contribution in [3.05, 3.63) is 64.3 Å². The van der Waals surface area contributed by atoms with Crippen LogP contribution >= 0.6 is 15.9 Å². The fraction of sp³-hybridized carbons (Fsp3) is 0.200. The predicted molar refractivity (Wildman–Crippen MR) is 106 cm³/mol. The molecule has 2 aromatic carbocycles. The number of hydrogen-bond acceptors (Lipinski definition) is 2. The Morgan fingerprint density at radius 2 is 1.63 bits per heavy atom. The van der Waals surface area contributed by atoms with Crippen molar-refractivity contribution in [2.75, 3.05) is 6.26 Å². The van der Waals surface area contributed by atoms with E-state index >= 15 is 0 Å². The van der Waals surface area contributed by atoms with E-state index in [1.165, 1.54) is 24.3 Å². The fourth-order valence-electron chi connectivity index (χ4n) is 3.44. The molecule has 3 nitrogen and oxygen atoms in total. The van der Waals surface area contributed by atoms with Gasteiger partial charge in [0.25, 0.3) is 0 Å². The summed E-state index contributed by atoms with van der Waals surface area (Å²) in [5.41, 5.74) is 2.70. The summed E-state index contributed by atoms with van der Waals surface area (Å²) in [5, 5.41) is 0. The van der Waals surface area contributed by atoms with Gasteiger partial charge in [0.05, 0.1) is 10.6 Å². The van der Waals surface area contributed by atoms with Crippen LogP contribution in [0.4, 0.5) is 8.78 Å². The Hall–Kier alpha value is -1.99. The number of halogens is 3. The molecule has 0 aliphatic rings. The van der Waals surface area contributed by atoms with E-state index < -0.39 is 15.7 Å². The number of hydrogen-bond donors (Lipinski definition) is 0. The number of sulfone groups is 1. The third-order valence-corrected chi connectivity index (χ3v) is 6.12. The molecule has 0 atom stereocenters. The lowest BCUT2D eigenvalue weighted by Crippen LogP contribution is -2.03. The van der Waals surface area contributed by atoms with E-state index in [1.54, 1.807) is 25.1 Å². The van der Waals surface area contributed by atoms with E-state index in [0.717, 1.165) is 6.26 Å². The van der Waals surface area contributed by atoms with Crippen LogP contribution in [0.25, 0.3) is 22.4 Å². The molecule has 0 spiro atoms. The van der Waals surface area contributed by atoms with Crippen LogP contribution in [-0.4, -0.2) is 19.2 Å². The highest BCUT2D eigenvalue weighted by atomic mass is 79.9. The van der Waals surface area contributed by atoms with Crippen LogP contribution in [0.3, 0.4) is 0 Å². The Morgan fingerprint density at radius 3 is 2.15 bits per heavy atom. The van der Waals surface area contributed by atoms with Crippen molar-refractivity contribution in [3.8, 4) is 22.4 Å². The third-order valence-electron chi connectivity index (χ3n) is 4.42. The number of aromatic nitrogens is 1.